The van der Waals surface area contributed by atoms with E-state index in [0.29, 0.717) is 35.7 Å². The minimum atomic E-state index is -1.43. The third-order valence-electron chi connectivity index (χ3n) is 8.81. The number of carbonyl (C=O) groups is 1. The van der Waals surface area contributed by atoms with Gasteiger partial charge < -0.3 is 28.8 Å². The molecular weight excluding hydrogens is 452 g/mol. The van der Waals surface area contributed by atoms with Gasteiger partial charge in [-0.25, -0.2) is 9.59 Å². The van der Waals surface area contributed by atoms with Gasteiger partial charge in [0.2, 0.25) is 0 Å². The Morgan fingerprint density at radius 1 is 1.03 bits per heavy atom. The lowest BCUT2D eigenvalue weighted by Gasteiger charge is -2.63. The first kappa shape index (κ1) is 23.9. The van der Waals surface area contributed by atoms with Crippen molar-refractivity contribution in [3.05, 3.63) is 46.3 Å². The van der Waals surface area contributed by atoms with Gasteiger partial charge in [0.15, 0.2) is 6.10 Å². The molecule has 2 aliphatic heterocycles. The largest absolute Gasteiger partial charge is 0.497 e. The van der Waals surface area contributed by atoms with Crippen molar-refractivity contribution in [1.29, 1.82) is 0 Å². The number of aliphatic hydroxyl groups is 2. The number of carbonyl (C=O) groups excluding carboxylic acids is 1. The van der Waals surface area contributed by atoms with Gasteiger partial charge in [-0.05, 0) is 70.7 Å². The van der Waals surface area contributed by atoms with E-state index in [4.69, 9.17) is 18.6 Å². The zero-order valence-electron chi connectivity index (χ0n) is 20.7. The van der Waals surface area contributed by atoms with Gasteiger partial charge in [0.05, 0.1) is 12.7 Å². The molecular formula is C27H32O8. The molecule has 35 heavy (non-hydrogen) atoms. The summed E-state index contributed by atoms with van der Waals surface area (Å²) in [5.41, 5.74) is -3.78. The zero-order chi connectivity index (χ0) is 25.4. The standard InChI is InChI=1S/C27H32O8/c1-24(2)27(31)11-10-26(4)21(25(27,3)14-18(28)23(30)35-24)12-17-20(34-26)13-19(33-22(17)29)15-6-8-16(32-5)9-7-15/h6-9,13,18,21,28,31H,10-12,14H2,1-5H3/t18-,21-,25-,26-,27-/m1/s1. The molecule has 0 amide bonds. The van der Waals surface area contributed by atoms with Crippen LogP contribution in [-0.4, -0.2) is 46.2 Å². The molecule has 1 saturated carbocycles. The molecule has 5 atom stereocenters. The van der Waals surface area contributed by atoms with E-state index in [1.165, 1.54) is 0 Å². The molecule has 188 valence electrons. The van der Waals surface area contributed by atoms with E-state index < -0.39 is 39.9 Å². The van der Waals surface area contributed by atoms with Gasteiger partial charge in [0.1, 0.15) is 34.1 Å². The van der Waals surface area contributed by atoms with Gasteiger partial charge in [-0.1, -0.05) is 6.92 Å². The highest BCUT2D eigenvalue weighted by Crippen LogP contribution is 2.63. The Morgan fingerprint density at radius 2 is 1.71 bits per heavy atom. The molecule has 2 aromatic rings. The molecule has 8 heteroatoms. The van der Waals surface area contributed by atoms with Crippen LogP contribution in [0.4, 0.5) is 0 Å². The van der Waals surface area contributed by atoms with Crippen LogP contribution in [0.15, 0.2) is 39.5 Å². The molecule has 8 nitrogen and oxygen atoms in total. The summed E-state index contributed by atoms with van der Waals surface area (Å²) < 4.78 is 23.0. The first-order valence-corrected chi connectivity index (χ1v) is 12.0. The van der Waals surface area contributed by atoms with Crippen LogP contribution < -0.4 is 15.1 Å². The molecule has 3 heterocycles. The number of methoxy groups -OCH3 is 1. The molecule has 1 saturated heterocycles. The Labute approximate surface area is 203 Å². The summed E-state index contributed by atoms with van der Waals surface area (Å²) in [4.78, 5) is 25.6. The summed E-state index contributed by atoms with van der Waals surface area (Å²) in [6.07, 6.45) is -0.303. The number of aliphatic hydroxyl groups excluding tert-OH is 1. The molecule has 3 aliphatic rings. The zero-order valence-corrected chi connectivity index (χ0v) is 20.7. The third-order valence-corrected chi connectivity index (χ3v) is 8.81. The molecule has 0 spiro atoms. The summed E-state index contributed by atoms with van der Waals surface area (Å²) in [6.45, 7) is 7.19. The normalized spacial score (nSPS) is 35.5. The monoisotopic (exact) mass is 484 g/mol. The van der Waals surface area contributed by atoms with Crippen molar-refractivity contribution in [2.45, 2.75) is 76.3 Å². The smallest absolute Gasteiger partial charge is 0.343 e. The van der Waals surface area contributed by atoms with E-state index in [0.717, 1.165) is 5.56 Å². The van der Waals surface area contributed by atoms with Gasteiger partial charge in [0.25, 0.3) is 0 Å². The van der Waals surface area contributed by atoms with Crippen LogP contribution in [-0.2, 0) is 16.0 Å². The second-order valence-electron chi connectivity index (χ2n) is 11.1. The Kier molecular flexibility index (Phi) is 5.17. The number of fused-ring (bicyclic) bond motifs is 4. The summed E-state index contributed by atoms with van der Waals surface area (Å²) in [7, 11) is 1.58. The van der Waals surface area contributed by atoms with Crippen LogP contribution in [0.5, 0.6) is 11.5 Å². The maximum atomic E-state index is 13.2. The highest BCUT2D eigenvalue weighted by atomic mass is 16.6. The van der Waals surface area contributed by atoms with E-state index >= 15 is 0 Å². The summed E-state index contributed by atoms with van der Waals surface area (Å²) in [6, 6.07) is 8.94. The summed E-state index contributed by atoms with van der Waals surface area (Å²) in [5.74, 6) is 0.420. The average molecular weight is 485 g/mol. The lowest BCUT2D eigenvalue weighted by Crippen LogP contribution is -2.71. The Morgan fingerprint density at radius 3 is 2.37 bits per heavy atom. The molecule has 1 aromatic heterocycles. The van der Waals surface area contributed by atoms with Crippen molar-refractivity contribution in [3.63, 3.8) is 0 Å². The van der Waals surface area contributed by atoms with Crippen molar-refractivity contribution in [3.8, 4) is 22.8 Å². The lowest BCUT2D eigenvalue weighted by atomic mass is 9.47. The Hall–Kier alpha value is -2.84. The molecule has 1 aliphatic carbocycles. The van der Waals surface area contributed by atoms with Crippen molar-refractivity contribution in [2.75, 3.05) is 7.11 Å². The van der Waals surface area contributed by atoms with Crippen LogP contribution in [0.25, 0.3) is 11.3 Å². The average Bonchev–Trinajstić information content (AvgIpc) is 2.85. The van der Waals surface area contributed by atoms with E-state index in [1.54, 1.807) is 39.2 Å². The molecule has 2 fully saturated rings. The van der Waals surface area contributed by atoms with Crippen LogP contribution in [0.3, 0.4) is 0 Å². The lowest BCUT2D eigenvalue weighted by molar-refractivity contribution is -0.263. The third kappa shape index (κ3) is 3.33. The van der Waals surface area contributed by atoms with E-state index in [2.05, 4.69) is 0 Å². The number of benzene rings is 1. The quantitative estimate of drug-likeness (QED) is 0.625. The van der Waals surface area contributed by atoms with Crippen molar-refractivity contribution < 1.29 is 33.6 Å². The number of hydrogen-bond donors (Lipinski definition) is 2. The molecule has 0 unspecified atom stereocenters. The minimum Gasteiger partial charge on any atom is -0.497 e. The van der Waals surface area contributed by atoms with Gasteiger partial charge in [0, 0.05) is 23.0 Å². The van der Waals surface area contributed by atoms with Gasteiger partial charge in [-0.15, -0.1) is 0 Å². The SMILES string of the molecule is COc1ccc(-c2cc3c(c(=O)o2)C[C@H]2[C@@](C)(CC[C@@]4(O)C(C)(C)OC(=O)[C@H](O)C[C@]24C)O3)cc1. The first-order chi connectivity index (χ1) is 16.3. The highest BCUT2D eigenvalue weighted by molar-refractivity contribution is 5.75. The van der Waals surface area contributed by atoms with Crippen LogP contribution in [0.2, 0.25) is 0 Å². The summed E-state index contributed by atoms with van der Waals surface area (Å²) >= 11 is 0. The number of ether oxygens (including phenoxy) is 3. The molecule has 0 bridgehead atoms. The van der Waals surface area contributed by atoms with E-state index in [1.807, 2.05) is 26.0 Å². The number of hydrogen-bond acceptors (Lipinski definition) is 8. The molecule has 0 radical (unpaired) electrons. The van der Waals surface area contributed by atoms with Crippen LogP contribution in [0, 0.1) is 11.3 Å². The van der Waals surface area contributed by atoms with Gasteiger partial charge in [-0.3, -0.25) is 0 Å². The topological polar surface area (TPSA) is 115 Å². The predicted molar refractivity (Wildman–Crippen MR) is 126 cm³/mol. The second-order valence-corrected chi connectivity index (χ2v) is 11.1. The highest BCUT2D eigenvalue weighted by Gasteiger charge is 2.70. The van der Waals surface area contributed by atoms with Gasteiger partial charge >= 0.3 is 11.6 Å². The van der Waals surface area contributed by atoms with Crippen LogP contribution in [0.1, 0.15) is 52.5 Å². The maximum Gasteiger partial charge on any atom is 0.343 e. The number of rotatable bonds is 2. The Bertz CT molecular complexity index is 1230. The predicted octanol–water partition coefficient (Wildman–Crippen LogP) is 3.24. The number of esters is 1. The molecule has 1 aromatic carbocycles. The van der Waals surface area contributed by atoms with Crippen LogP contribution >= 0.6 is 0 Å². The fourth-order valence-corrected chi connectivity index (χ4v) is 6.73. The molecule has 5 rings (SSSR count). The van der Waals surface area contributed by atoms with Crippen molar-refractivity contribution in [2.24, 2.45) is 11.3 Å². The Balaban J connectivity index is 1.59. The fourth-order valence-electron chi connectivity index (χ4n) is 6.73. The minimum absolute atomic E-state index is 0.0000213. The van der Waals surface area contributed by atoms with E-state index in [9.17, 15) is 19.8 Å². The van der Waals surface area contributed by atoms with E-state index in [-0.39, 0.29) is 18.8 Å². The first-order valence-electron chi connectivity index (χ1n) is 12.0. The van der Waals surface area contributed by atoms with Crippen molar-refractivity contribution in [1.82, 2.24) is 0 Å². The second kappa shape index (κ2) is 7.58. The maximum absolute atomic E-state index is 13.2. The summed E-state index contributed by atoms with van der Waals surface area (Å²) in [5, 5.41) is 22.7. The number of cyclic esters (lactones) is 1. The molecule has 2 N–H and O–H groups in total. The fraction of sp³-hybridized carbons (Fsp3) is 0.556. The van der Waals surface area contributed by atoms with Gasteiger partial charge in [-0.2, -0.15) is 0 Å². The van der Waals surface area contributed by atoms with Crippen molar-refractivity contribution >= 4 is 5.97 Å².